The maximum atomic E-state index is 13.9. The van der Waals surface area contributed by atoms with Crippen LogP contribution in [0.3, 0.4) is 0 Å². The molecule has 0 atom stereocenters. The normalized spacial score (nSPS) is 11.1. The Morgan fingerprint density at radius 1 is 1.09 bits per heavy atom. The number of aromatic nitrogens is 2. The van der Waals surface area contributed by atoms with Gasteiger partial charge in [-0.05, 0) is 48.5 Å². The first-order chi connectivity index (χ1) is 15.7. The Morgan fingerprint density at radius 2 is 1.88 bits per heavy atom. The van der Waals surface area contributed by atoms with Crippen LogP contribution in [0, 0.1) is 17.1 Å². The van der Waals surface area contributed by atoms with Crippen molar-refractivity contribution in [1.29, 1.82) is 5.26 Å². The molecule has 166 valence electrons. The number of rotatable bonds is 6. The van der Waals surface area contributed by atoms with Crippen molar-refractivity contribution in [3.8, 4) is 28.7 Å². The minimum absolute atomic E-state index is 0.0410. The van der Waals surface area contributed by atoms with E-state index in [4.69, 9.17) is 22.1 Å². The van der Waals surface area contributed by atoms with E-state index in [2.05, 4.69) is 14.7 Å². The molecule has 0 saturated heterocycles. The third kappa shape index (κ3) is 5.04. The molecule has 0 amide bonds. The van der Waals surface area contributed by atoms with Gasteiger partial charge in [-0.15, -0.1) is 0 Å². The van der Waals surface area contributed by atoms with Gasteiger partial charge in [-0.3, -0.25) is 4.72 Å². The van der Waals surface area contributed by atoms with Gasteiger partial charge in [0.2, 0.25) is 0 Å². The Labute approximate surface area is 197 Å². The van der Waals surface area contributed by atoms with E-state index in [1.165, 1.54) is 48.8 Å². The summed E-state index contributed by atoms with van der Waals surface area (Å²) >= 11 is 6.74. The molecule has 2 aromatic carbocycles. The second-order valence-electron chi connectivity index (χ2n) is 6.56. The van der Waals surface area contributed by atoms with Crippen molar-refractivity contribution < 1.29 is 17.5 Å². The number of nitriles is 1. The molecule has 0 radical (unpaired) electrons. The van der Waals surface area contributed by atoms with Gasteiger partial charge >= 0.3 is 0 Å². The Balaban J connectivity index is 1.67. The van der Waals surface area contributed by atoms with Gasteiger partial charge in [-0.25, -0.2) is 22.8 Å². The second kappa shape index (κ2) is 9.03. The smallest absolute Gasteiger partial charge is 0.263 e. The first-order valence-corrected chi connectivity index (χ1v) is 11.8. The van der Waals surface area contributed by atoms with Gasteiger partial charge in [0.25, 0.3) is 10.0 Å². The number of nitrogen functional groups attached to an aromatic ring is 1. The molecule has 0 aliphatic rings. The van der Waals surface area contributed by atoms with Crippen LogP contribution in [0.5, 0.6) is 11.5 Å². The van der Waals surface area contributed by atoms with Gasteiger partial charge < -0.3 is 10.5 Å². The van der Waals surface area contributed by atoms with Crippen molar-refractivity contribution in [3.63, 3.8) is 0 Å². The van der Waals surface area contributed by atoms with Crippen molar-refractivity contribution in [3.05, 3.63) is 76.6 Å². The predicted octanol–water partition coefficient (Wildman–Crippen LogP) is 5.04. The summed E-state index contributed by atoms with van der Waals surface area (Å²) in [5.74, 6) is 0.134. The zero-order valence-corrected chi connectivity index (χ0v) is 18.9. The minimum Gasteiger partial charge on any atom is -0.455 e. The average molecular weight is 502 g/mol. The summed E-state index contributed by atoms with van der Waals surface area (Å²) in [5.41, 5.74) is 6.50. The van der Waals surface area contributed by atoms with Crippen LogP contribution in [0.15, 0.2) is 65.8 Å². The largest absolute Gasteiger partial charge is 0.455 e. The molecule has 2 heterocycles. The first-order valence-electron chi connectivity index (χ1n) is 9.13. The molecule has 4 aromatic rings. The molecule has 0 aliphatic heterocycles. The monoisotopic (exact) mass is 501 g/mol. The summed E-state index contributed by atoms with van der Waals surface area (Å²) in [6.07, 6.45) is 2.78. The van der Waals surface area contributed by atoms with Crippen molar-refractivity contribution in [1.82, 2.24) is 9.97 Å². The Kier molecular flexibility index (Phi) is 6.15. The van der Waals surface area contributed by atoms with Crippen LogP contribution < -0.4 is 15.2 Å². The number of ether oxygens (including phenoxy) is 1. The number of halogens is 2. The van der Waals surface area contributed by atoms with Crippen LogP contribution in [-0.4, -0.2) is 18.4 Å². The molecule has 33 heavy (non-hydrogen) atoms. The van der Waals surface area contributed by atoms with Crippen molar-refractivity contribution in [2.75, 3.05) is 10.5 Å². The average Bonchev–Trinajstić information content (AvgIpc) is 3.19. The highest BCUT2D eigenvalue weighted by molar-refractivity contribution is 7.93. The number of hydrogen-bond donors (Lipinski definition) is 2. The number of thiazole rings is 1. The standard InChI is InChI=1S/C21H13ClFN5O3S2/c22-19-11-27-21(32-19)28-33(29,30)15-3-5-17(13(7-15)9-24)31-18-4-2-14(23)8-16(18)12-1-6-20(25)26-10-12/h1-8,10-11H,(H2,25,26)(H,27,28). The SMILES string of the molecule is N#Cc1cc(S(=O)(=O)Nc2ncc(Cl)s2)ccc1Oc1ccc(F)cc1-c1ccc(N)nc1. The second-order valence-corrected chi connectivity index (χ2v) is 9.90. The summed E-state index contributed by atoms with van der Waals surface area (Å²) in [4.78, 5) is 7.69. The van der Waals surface area contributed by atoms with E-state index < -0.39 is 15.8 Å². The molecule has 0 saturated carbocycles. The summed E-state index contributed by atoms with van der Waals surface area (Å²) < 4.78 is 47.7. The molecule has 0 spiro atoms. The third-order valence-corrected chi connectivity index (χ3v) is 6.84. The molecular weight excluding hydrogens is 489 g/mol. The van der Waals surface area contributed by atoms with E-state index in [-0.39, 0.29) is 27.1 Å². The van der Waals surface area contributed by atoms with Crippen molar-refractivity contribution in [2.24, 2.45) is 0 Å². The molecule has 3 N–H and O–H groups in total. The fourth-order valence-corrected chi connectivity index (χ4v) is 4.91. The number of anilines is 2. The maximum Gasteiger partial charge on any atom is 0.263 e. The van der Waals surface area contributed by atoms with Crippen LogP contribution in [0.4, 0.5) is 15.3 Å². The summed E-state index contributed by atoms with van der Waals surface area (Å²) in [5, 5.41) is 9.67. The Morgan fingerprint density at radius 3 is 2.55 bits per heavy atom. The molecule has 4 rings (SSSR count). The number of nitrogens with zero attached hydrogens (tertiary/aromatic N) is 3. The van der Waals surface area contributed by atoms with Crippen LogP contribution in [-0.2, 0) is 10.0 Å². The fourth-order valence-electron chi connectivity index (χ4n) is 2.83. The van der Waals surface area contributed by atoms with Gasteiger partial charge in [-0.2, -0.15) is 5.26 Å². The minimum atomic E-state index is -4.02. The molecule has 8 nitrogen and oxygen atoms in total. The lowest BCUT2D eigenvalue weighted by Gasteiger charge is -2.13. The van der Waals surface area contributed by atoms with Gasteiger partial charge in [0, 0.05) is 17.3 Å². The number of sulfonamides is 1. The first kappa shape index (κ1) is 22.5. The van der Waals surface area contributed by atoms with Crippen LogP contribution >= 0.6 is 22.9 Å². The zero-order valence-electron chi connectivity index (χ0n) is 16.5. The topological polar surface area (TPSA) is 131 Å². The van der Waals surface area contributed by atoms with E-state index in [0.29, 0.717) is 21.3 Å². The lowest BCUT2D eigenvalue weighted by molar-refractivity contribution is 0.480. The van der Waals surface area contributed by atoms with Crippen LogP contribution in [0.25, 0.3) is 11.1 Å². The lowest BCUT2D eigenvalue weighted by atomic mass is 10.1. The van der Waals surface area contributed by atoms with Gasteiger partial charge in [-0.1, -0.05) is 22.9 Å². The van der Waals surface area contributed by atoms with E-state index in [0.717, 1.165) is 11.3 Å². The zero-order chi connectivity index (χ0) is 23.6. The molecule has 0 aliphatic carbocycles. The number of nitrogens with two attached hydrogens (primary N) is 1. The molecule has 0 fully saturated rings. The fraction of sp³-hybridized carbons (Fsp3) is 0. The van der Waals surface area contributed by atoms with E-state index in [1.807, 2.05) is 6.07 Å². The van der Waals surface area contributed by atoms with Crippen LogP contribution in [0.1, 0.15) is 5.56 Å². The maximum absolute atomic E-state index is 13.9. The molecule has 2 aromatic heterocycles. The summed E-state index contributed by atoms with van der Waals surface area (Å²) in [6.45, 7) is 0. The number of benzene rings is 2. The van der Waals surface area contributed by atoms with E-state index >= 15 is 0 Å². The predicted molar refractivity (Wildman–Crippen MR) is 123 cm³/mol. The van der Waals surface area contributed by atoms with E-state index in [9.17, 15) is 18.1 Å². The highest BCUT2D eigenvalue weighted by Crippen LogP contribution is 2.36. The number of nitrogens with one attached hydrogen (secondary N) is 1. The van der Waals surface area contributed by atoms with Gasteiger partial charge in [0.1, 0.15) is 33.5 Å². The Bertz CT molecular complexity index is 1480. The highest BCUT2D eigenvalue weighted by atomic mass is 35.5. The van der Waals surface area contributed by atoms with Crippen LogP contribution in [0.2, 0.25) is 4.34 Å². The molecule has 12 heteroatoms. The van der Waals surface area contributed by atoms with E-state index in [1.54, 1.807) is 12.1 Å². The third-order valence-electron chi connectivity index (χ3n) is 4.34. The Hall–Kier alpha value is -3.72. The quantitative estimate of drug-likeness (QED) is 0.378. The van der Waals surface area contributed by atoms with Crippen molar-refractivity contribution >= 4 is 43.9 Å². The molecule has 0 unspecified atom stereocenters. The summed E-state index contributed by atoms with van der Waals surface area (Å²) in [6, 6.07) is 12.8. The van der Waals surface area contributed by atoms with Crippen molar-refractivity contribution in [2.45, 2.75) is 4.90 Å². The molecule has 0 bridgehead atoms. The summed E-state index contributed by atoms with van der Waals surface area (Å²) in [7, 11) is -4.02. The van der Waals surface area contributed by atoms with Gasteiger partial charge in [0.15, 0.2) is 5.13 Å². The highest BCUT2D eigenvalue weighted by Gasteiger charge is 2.19. The number of pyridine rings is 1. The van der Waals surface area contributed by atoms with Gasteiger partial charge in [0.05, 0.1) is 16.7 Å². The molecular formula is C21H13ClFN5O3S2. The lowest BCUT2D eigenvalue weighted by Crippen LogP contribution is -2.13. The number of hydrogen-bond acceptors (Lipinski definition) is 8.